The SMILES string of the molecule is C[C@]12CC[C@H]3[C@@H](CCC4=C/C(=N/OC(=O)Nc5ccccc5)CC[C@@]43C)[C@@H]1CC[C@H]2OC(=O)Nc1ccccc1. The number of hydrogen-bond acceptors (Lipinski definition) is 5. The van der Waals surface area contributed by atoms with Gasteiger partial charge in [0.05, 0.1) is 5.71 Å². The first-order valence-corrected chi connectivity index (χ1v) is 14.7. The van der Waals surface area contributed by atoms with E-state index in [2.05, 4.69) is 35.7 Å². The molecule has 2 aromatic carbocycles. The number of oxime groups is 1. The summed E-state index contributed by atoms with van der Waals surface area (Å²) in [6.07, 6.45) is 9.52. The van der Waals surface area contributed by atoms with Crippen LogP contribution in [0.5, 0.6) is 0 Å². The minimum atomic E-state index is -0.573. The summed E-state index contributed by atoms with van der Waals surface area (Å²) in [7, 11) is 0. The summed E-state index contributed by atoms with van der Waals surface area (Å²) < 4.78 is 6.07. The van der Waals surface area contributed by atoms with Crippen molar-refractivity contribution in [2.75, 3.05) is 10.6 Å². The highest BCUT2D eigenvalue weighted by Crippen LogP contribution is 2.65. The molecule has 6 rings (SSSR count). The van der Waals surface area contributed by atoms with Crippen molar-refractivity contribution in [1.82, 2.24) is 0 Å². The van der Waals surface area contributed by atoms with Gasteiger partial charge in [0, 0.05) is 16.8 Å². The number of nitrogens with one attached hydrogen (secondary N) is 2. The molecule has 0 saturated heterocycles. The number of nitrogens with zero attached hydrogens (tertiary/aromatic N) is 1. The van der Waals surface area contributed by atoms with Crippen LogP contribution in [0.4, 0.5) is 21.0 Å². The normalized spacial score (nSPS) is 33.5. The monoisotopic (exact) mass is 541 g/mol. The van der Waals surface area contributed by atoms with E-state index < -0.39 is 6.09 Å². The minimum Gasteiger partial charge on any atom is -0.445 e. The van der Waals surface area contributed by atoms with Gasteiger partial charge in [-0.15, -0.1) is 0 Å². The Morgan fingerprint density at radius 1 is 0.800 bits per heavy atom. The Bertz CT molecular complexity index is 1310. The van der Waals surface area contributed by atoms with Gasteiger partial charge in [0.15, 0.2) is 0 Å². The average Bonchev–Trinajstić information content (AvgIpc) is 3.28. The maximum absolute atomic E-state index is 12.7. The lowest BCUT2D eigenvalue weighted by Gasteiger charge is -2.57. The zero-order valence-corrected chi connectivity index (χ0v) is 23.4. The number of carbonyl (C=O) groups excluding carboxylic acids is 2. The van der Waals surface area contributed by atoms with Crippen LogP contribution in [0.15, 0.2) is 77.5 Å². The van der Waals surface area contributed by atoms with Crippen LogP contribution in [-0.4, -0.2) is 24.0 Å². The number of fused-ring (bicyclic) bond motifs is 5. The number of hydrogen-bond donors (Lipinski definition) is 2. The fraction of sp³-hybridized carbons (Fsp3) is 0.485. The zero-order valence-electron chi connectivity index (χ0n) is 23.4. The van der Waals surface area contributed by atoms with Crippen LogP contribution in [0, 0.1) is 28.6 Å². The van der Waals surface area contributed by atoms with E-state index in [9.17, 15) is 9.59 Å². The molecule has 0 unspecified atom stereocenters. The summed E-state index contributed by atoms with van der Waals surface area (Å²) >= 11 is 0. The topological polar surface area (TPSA) is 89.0 Å². The predicted octanol–water partition coefficient (Wildman–Crippen LogP) is 8.17. The Hall–Kier alpha value is -3.61. The van der Waals surface area contributed by atoms with Gasteiger partial charge in [-0.1, -0.05) is 61.0 Å². The van der Waals surface area contributed by atoms with Gasteiger partial charge in [-0.3, -0.25) is 15.5 Å². The third kappa shape index (κ3) is 5.02. The van der Waals surface area contributed by atoms with E-state index in [1.165, 1.54) is 5.57 Å². The number of anilines is 2. The van der Waals surface area contributed by atoms with Crippen molar-refractivity contribution in [1.29, 1.82) is 0 Å². The third-order valence-electron chi connectivity index (χ3n) is 10.4. The van der Waals surface area contributed by atoms with Crippen LogP contribution >= 0.6 is 0 Å². The molecule has 3 fully saturated rings. The highest BCUT2D eigenvalue weighted by molar-refractivity contribution is 5.97. The van der Waals surface area contributed by atoms with E-state index in [4.69, 9.17) is 9.57 Å². The summed E-state index contributed by atoms with van der Waals surface area (Å²) in [6.45, 7) is 4.80. The number of para-hydroxylation sites is 2. The number of benzene rings is 2. The molecule has 6 atom stereocenters. The van der Waals surface area contributed by atoms with Crippen LogP contribution in [0.2, 0.25) is 0 Å². The molecule has 7 nitrogen and oxygen atoms in total. The molecule has 40 heavy (non-hydrogen) atoms. The Morgan fingerprint density at radius 3 is 2.17 bits per heavy atom. The molecule has 7 heteroatoms. The summed E-state index contributed by atoms with van der Waals surface area (Å²) in [5.41, 5.74) is 3.89. The van der Waals surface area contributed by atoms with Crippen molar-refractivity contribution >= 4 is 29.3 Å². The van der Waals surface area contributed by atoms with Crippen molar-refractivity contribution in [2.24, 2.45) is 33.7 Å². The lowest BCUT2D eigenvalue weighted by Crippen LogP contribution is -2.51. The van der Waals surface area contributed by atoms with Gasteiger partial charge in [0.1, 0.15) is 6.10 Å². The summed E-state index contributed by atoms with van der Waals surface area (Å²) in [4.78, 5) is 30.2. The highest BCUT2D eigenvalue weighted by Gasteiger charge is 2.60. The van der Waals surface area contributed by atoms with Crippen LogP contribution in [0.1, 0.15) is 65.2 Å². The molecule has 4 aliphatic rings. The van der Waals surface area contributed by atoms with E-state index in [-0.39, 0.29) is 23.0 Å². The lowest BCUT2D eigenvalue weighted by atomic mass is 9.47. The van der Waals surface area contributed by atoms with Gasteiger partial charge in [-0.25, -0.2) is 9.59 Å². The van der Waals surface area contributed by atoms with Crippen molar-refractivity contribution in [3.8, 4) is 0 Å². The van der Waals surface area contributed by atoms with E-state index in [1.807, 2.05) is 60.7 Å². The van der Waals surface area contributed by atoms with Gasteiger partial charge >= 0.3 is 12.2 Å². The second-order valence-electron chi connectivity index (χ2n) is 12.5. The Kier molecular flexibility index (Phi) is 7.15. The van der Waals surface area contributed by atoms with E-state index in [0.717, 1.165) is 62.8 Å². The molecule has 2 N–H and O–H groups in total. The van der Waals surface area contributed by atoms with E-state index in [0.29, 0.717) is 23.4 Å². The molecule has 2 aromatic rings. The Labute approximate surface area is 236 Å². The van der Waals surface area contributed by atoms with E-state index in [1.54, 1.807) is 0 Å². The van der Waals surface area contributed by atoms with Crippen molar-refractivity contribution in [2.45, 2.75) is 71.3 Å². The molecule has 0 spiro atoms. The van der Waals surface area contributed by atoms with Gasteiger partial charge in [0.25, 0.3) is 0 Å². The summed E-state index contributed by atoms with van der Waals surface area (Å²) in [6, 6.07) is 18.8. The first-order chi connectivity index (χ1) is 19.3. The van der Waals surface area contributed by atoms with Gasteiger partial charge in [-0.2, -0.15) is 0 Å². The molecule has 0 radical (unpaired) electrons. The maximum atomic E-state index is 12.7. The maximum Gasteiger partial charge on any atom is 0.437 e. The lowest BCUT2D eigenvalue weighted by molar-refractivity contribution is -0.0735. The Morgan fingerprint density at radius 2 is 1.48 bits per heavy atom. The van der Waals surface area contributed by atoms with Crippen molar-refractivity contribution < 1.29 is 19.2 Å². The highest BCUT2D eigenvalue weighted by atomic mass is 16.7. The number of amides is 2. The summed E-state index contributed by atoms with van der Waals surface area (Å²) in [5, 5.41) is 9.82. The van der Waals surface area contributed by atoms with Crippen LogP contribution in [0.3, 0.4) is 0 Å². The van der Waals surface area contributed by atoms with Crippen molar-refractivity contribution in [3.63, 3.8) is 0 Å². The fourth-order valence-corrected chi connectivity index (χ4v) is 8.35. The first kappa shape index (κ1) is 26.6. The molecule has 0 aromatic heterocycles. The minimum absolute atomic E-state index is 0.0218. The van der Waals surface area contributed by atoms with Crippen LogP contribution in [-0.2, 0) is 9.57 Å². The first-order valence-electron chi connectivity index (χ1n) is 14.7. The van der Waals surface area contributed by atoms with Crippen LogP contribution < -0.4 is 10.6 Å². The smallest absolute Gasteiger partial charge is 0.437 e. The predicted molar refractivity (Wildman–Crippen MR) is 156 cm³/mol. The van der Waals surface area contributed by atoms with Gasteiger partial charge in [-0.05, 0) is 105 Å². The standard InChI is InChI=1S/C33H39N3O4/c1-32-19-17-25(36-40-31(38)35-24-11-7-4-8-12-24)21-22(32)13-14-26-27-15-16-29(33(27,2)20-18-28(26)32)39-30(37)34-23-9-5-3-6-10-23/h3-12,21,26-29H,13-20H2,1-2H3,(H,34,37)(H,35,38)/b36-25+/t26-,27-,28-,29+,32-,33-/m0/s1. The number of rotatable bonds is 4. The molecule has 210 valence electrons. The molecular weight excluding hydrogens is 502 g/mol. The van der Waals surface area contributed by atoms with Gasteiger partial charge < -0.3 is 4.74 Å². The molecule has 0 heterocycles. The summed E-state index contributed by atoms with van der Waals surface area (Å²) in [5.74, 6) is 1.82. The molecule has 0 aliphatic heterocycles. The van der Waals surface area contributed by atoms with Crippen molar-refractivity contribution in [3.05, 3.63) is 72.3 Å². The quantitative estimate of drug-likeness (QED) is 0.302. The number of carbonyl (C=O) groups is 2. The fourth-order valence-electron chi connectivity index (χ4n) is 8.35. The number of ether oxygens (including phenoxy) is 1. The second kappa shape index (κ2) is 10.8. The van der Waals surface area contributed by atoms with Gasteiger partial charge in [0.2, 0.25) is 0 Å². The number of allylic oxidation sites excluding steroid dienone is 2. The largest absolute Gasteiger partial charge is 0.445 e. The molecular formula is C33H39N3O4. The molecule has 2 amide bonds. The van der Waals surface area contributed by atoms with E-state index >= 15 is 0 Å². The molecule has 3 saturated carbocycles. The molecule has 0 bridgehead atoms. The Balaban J connectivity index is 1.10. The third-order valence-corrected chi connectivity index (χ3v) is 10.4. The second-order valence-corrected chi connectivity index (χ2v) is 12.5. The molecule has 4 aliphatic carbocycles. The average molecular weight is 542 g/mol. The zero-order chi connectivity index (χ0) is 27.7. The van der Waals surface area contributed by atoms with Crippen LogP contribution in [0.25, 0.3) is 0 Å².